The van der Waals surface area contributed by atoms with E-state index in [1.54, 1.807) is 6.92 Å². The predicted molar refractivity (Wildman–Crippen MR) is 91.4 cm³/mol. The summed E-state index contributed by atoms with van der Waals surface area (Å²) in [7, 11) is 0. The summed E-state index contributed by atoms with van der Waals surface area (Å²) in [4.78, 5) is 36.4. The molecule has 0 bridgehead atoms. The quantitative estimate of drug-likeness (QED) is 0.608. The number of aldehydes is 1. The number of carboxylic acid groups (broad SMARTS) is 1. The van der Waals surface area contributed by atoms with Crippen molar-refractivity contribution in [3.63, 3.8) is 0 Å². The number of nitrogens with one attached hydrogen (secondary N) is 2. The molecule has 3 heterocycles. The van der Waals surface area contributed by atoms with E-state index in [0.29, 0.717) is 17.8 Å². The lowest BCUT2D eigenvalue weighted by Gasteiger charge is -1.96. The molecule has 9 nitrogen and oxygen atoms in total. The molecule has 0 saturated heterocycles. The maximum Gasteiger partial charge on any atom is 0.356 e. The number of carboxylic acids is 1. The molecule has 0 radical (unpaired) electrons. The summed E-state index contributed by atoms with van der Waals surface area (Å²) in [5.41, 5.74) is 0.507. The first kappa shape index (κ1) is 19.8. The second-order valence-corrected chi connectivity index (χ2v) is 4.94. The molecule has 0 aliphatic carbocycles. The summed E-state index contributed by atoms with van der Waals surface area (Å²) >= 11 is 0. The maximum absolute atomic E-state index is 10.1. The summed E-state index contributed by atoms with van der Waals surface area (Å²) in [5, 5.41) is 8.32. The lowest BCUT2D eigenvalue weighted by Crippen LogP contribution is -1.95. The summed E-state index contributed by atoms with van der Waals surface area (Å²) in [5.74, 6) is -0.383. The Hall–Kier alpha value is -3.23. The number of aromatic carboxylic acids is 1. The molecule has 134 valence electrons. The fraction of sp³-hybridized carbons (Fsp3) is 0.312. The number of carbonyl (C=O) groups is 2. The van der Waals surface area contributed by atoms with E-state index in [0.717, 1.165) is 6.54 Å². The third-order valence-electron chi connectivity index (χ3n) is 2.89. The number of aromatic amines is 2. The zero-order valence-electron chi connectivity index (χ0n) is 14.2. The first-order valence-corrected chi connectivity index (χ1v) is 7.71. The largest absolute Gasteiger partial charge is 0.476 e. The van der Waals surface area contributed by atoms with Crippen molar-refractivity contribution in [1.29, 1.82) is 0 Å². The molecule has 0 aromatic carbocycles. The molecule has 0 unspecified atom stereocenters. The van der Waals surface area contributed by atoms with E-state index in [4.69, 9.17) is 5.11 Å². The van der Waals surface area contributed by atoms with Crippen LogP contribution >= 0.6 is 0 Å². The van der Waals surface area contributed by atoms with Crippen LogP contribution in [0.3, 0.4) is 0 Å². The van der Waals surface area contributed by atoms with E-state index in [2.05, 4.69) is 36.4 Å². The Balaban J connectivity index is 0.000000189. The van der Waals surface area contributed by atoms with Crippen LogP contribution in [0.1, 0.15) is 46.6 Å². The molecular weight excluding hydrogens is 324 g/mol. The second-order valence-electron chi connectivity index (χ2n) is 4.94. The van der Waals surface area contributed by atoms with Gasteiger partial charge in [-0.25, -0.2) is 19.7 Å². The van der Waals surface area contributed by atoms with Crippen molar-refractivity contribution in [3.05, 3.63) is 54.7 Å². The number of imidazole rings is 3. The van der Waals surface area contributed by atoms with E-state index >= 15 is 0 Å². The molecule has 3 rings (SSSR count). The van der Waals surface area contributed by atoms with Gasteiger partial charge in [-0.15, -0.1) is 0 Å². The van der Waals surface area contributed by atoms with E-state index in [-0.39, 0.29) is 5.69 Å². The van der Waals surface area contributed by atoms with Crippen molar-refractivity contribution < 1.29 is 14.7 Å². The van der Waals surface area contributed by atoms with Crippen LogP contribution in [-0.2, 0) is 6.54 Å². The minimum atomic E-state index is -1.00. The standard InChI is InChI=1S/C7H12N2.C5H6N2O2.C4H4N2O/c1-2-3-5-9-6-4-8-7-9;1-3-6-2-4(7-3)5(8)9;7-2-4-1-5-3-6-4/h4,6-7H,2-3,5H2,1H3;2H,1H3,(H,6,7)(H,8,9);1-3H,(H,5,6). The number of hydrogen-bond donors (Lipinski definition) is 3. The SMILES string of the molecule is CCCCn1ccnc1.Cc1nc(C(=O)O)c[nH]1.O=Cc1c[nH]cn1. The Kier molecular flexibility index (Phi) is 8.98. The van der Waals surface area contributed by atoms with Crippen molar-refractivity contribution >= 4 is 12.3 Å². The molecule has 0 amide bonds. The van der Waals surface area contributed by atoms with Crippen molar-refractivity contribution in [2.45, 2.75) is 33.2 Å². The van der Waals surface area contributed by atoms with E-state index < -0.39 is 5.97 Å². The zero-order valence-corrected chi connectivity index (χ0v) is 14.2. The van der Waals surface area contributed by atoms with Gasteiger partial charge in [0.2, 0.25) is 0 Å². The molecule has 0 aliphatic heterocycles. The van der Waals surface area contributed by atoms with Crippen LogP contribution < -0.4 is 0 Å². The molecule has 25 heavy (non-hydrogen) atoms. The van der Waals surface area contributed by atoms with Gasteiger partial charge in [0.05, 0.1) is 12.7 Å². The van der Waals surface area contributed by atoms with E-state index in [1.165, 1.54) is 31.6 Å². The summed E-state index contributed by atoms with van der Waals surface area (Å²) < 4.78 is 2.10. The molecule has 3 aromatic heterocycles. The number of nitrogens with zero attached hydrogens (tertiary/aromatic N) is 4. The van der Waals surface area contributed by atoms with Gasteiger partial charge in [0.1, 0.15) is 11.5 Å². The Morgan fingerprint density at radius 1 is 1.40 bits per heavy atom. The van der Waals surface area contributed by atoms with E-state index in [9.17, 15) is 9.59 Å². The number of aryl methyl sites for hydroxylation is 2. The van der Waals surface area contributed by atoms with Gasteiger partial charge in [-0.2, -0.15) is 0 Å². The summed E-state index contributed by atoms with van der Waals surface area (Å²) in [6.07, 6.45) is 13.2. The van der Waals surface area contributed by atoms with Crippen molar-refractivity contribution in [1.82, 2.24) is 29.5 Å². The lowest BCUT2D eigenvalue weighted by atomic mass is 10.3. The van der Waals surface area contributed by atoms with Gasteiger partial charge >= 0.3 is 5.97 Å². The van der Waals surface area contributed by atoms with Crippen LogP contribution in [0.2, 0.25) is 0 Å². The van der Waals surface area contributed by atoms with Crippen molar-refractivity contribution in [3.8, 4) is 0 Å². The van der Waals surface area contributed by atoms with Crippen LogP contribution in [0.15, 0.2) is 37.4 Å². The molecule has 0 aliphatic rings. The Bertz CT molecular complexity index is 719. The second kappa shape index (κ2) is 11.3. The Morgan fingerprint density at radius 2 is 2.20 bits per heavy atom. The maximum atomic E-state index is 10.1. The number of H-pyrrole nitrogens is 2. The number of carbonyl (C=O) groups excluding carboxylic acids is 1. The Labute approximate surface area is 145 Å². The topological polar surface area (TPSA) is 130 Å². The van der Waals surface area contributed by atoms with Crippen molar-refractivity contribution in [2.24, 2.45) is 0 Å². The number of rotatable bonds is 5. The van der Waals surface area contributed by atoms with Gasteiger partial charge in [0.15, 0.2) is 12.0 Å². The average Bonchev–Trinajstić information content (AvgIpc) is 3.36. The van der Waals surface area contributed by atoms with Gasteiger partial charge in [-0.05, 0) is 13.3 Å². The smallest absolute Gasteiger partial charge is 0.356 e. The molecule has 3 N–H and O–H groups in total. The monoisotopic (exact) mass is 346 g/mol. The molecule has 3 aromatic rings. The normalized spacial score (nSPS) is 9.36. The van der Waals surface area contributed by atoms with Gasteiger partial charge in [0, 0.05) is 31.3 Å². The van der Waals surface area contributed by atoms with Gasteiger partial charge in [-0.1, -0.05) is 13.3 Å². The fourth-order valence-electron chi connectivity index (χ4n) is 1.62. The number of hydrogen-bond acceptors (Lipinski definition) is 5. The lowest BCUT2D eigenvalue weighted by molar-refractivity contribution is 0.0691. The third-order valence-corrected chi connectivity index (χ3v) is 2.89. The van der Waals surface area contributed by atoms with Crippen LogP contribution in [-0.4, -0.2) is 46.8 Å². The first-order chi connectivity index (χ1) is 12.1. The van der Waals surface area contributed by atoms with Crippen LogP contribution in [0.5, 0.6) is 0 Å². The van der Waals surface area contributed by atoms with Crippen LogP contribution in [0, 0.1) is 6.92 Å². The van der Waals surface area contributed by atoms with Crippen LogP contribution in [0.4, 0.5) is 0 Å². The zero-order chi connectivity index (χ0) is 18.5. The van der Waals surface area contributed by atoms with E-state index in [1.807, 2.05) is 18.7 Å². The van der Waals surface area contributed by atoms with Crippen LogP contribution in [0.25, 0.3) is 0 Å². The highest BCUT2D eigenvalue weighted by molar-refractivity contribution is 5.84. The highest BCUT2D eigenvalue weighted by Gasteiger charge is 2.03. The number of aromatic nitrogens is 6. The molecule has 9 heteroatoms. The van der Waals surface area contributed by atoms with Gasteiger partial charge < -0.3 is 19.6 Å². The highest BCUT2D eigenvalue weighted by Crippen LogP contribution is 1.93. The summed E-state index contributed by atoms with van der Waals surface area (Å²) in [6, 6.07) is 0. The first-order valence-electron chi connectivity index (χ1n) is 7.71. The van der Waals surface area contributed by atoms with Gasteiger partial charge in [-0.3, -0.25) is 4.79 Å². The molecule has 0 saturated carbocycles. The highest BCUT2D eigenvalue weighted by atomic mass is 16.4. The minimum absolute atomic E-state index is 0.0625. The Morgan fingerprint density at radius 3 is 2.56 bits per heavy atom. The third kappa shape index (κ3) is 8.26. The molecule has 0 spiro atoms. The molecule has 0 atom stereocenters. The molecule has 0 fully saturated rings. The molecular formula is C16H22N6O3. The number of unbranched alkanes of at least 4 members (excludes halogenated alkanes) is 1. The minimum Gasteiger partial charge on any atom is -0.476 e. The fourth-order valence-corrected chi connectivity index (χ4v) is 1.62. The van der Waals surface area contributed by atoms with Crippen molar-refractivity contribution in [2.75, 3.05) is 0 Å². The van der Waals surface area contributed by atoms with Gasteiger partial charge in [0.25, 0.3) is 0 Å². The average molecular weight is 346 g/mol. The summed E-state index contributed by atoms with van der Waals surface area (Å²) in [6.45, 7) is 5.00. The predicted octanol–water partition coefficient (Wildman–Crippen LogP) is 2.32.